The van der Waals surface area contributed by atoms with E-state index in [1.54, 1.807) is 18.2 Å². The van der Waals surface area contributed by atoms with Crippen molar-refractivity contribution in [1.29, 1.82) is 0 Å². The van der Waals surface area contributed by atoms with E-state index in [0.29, 0.717) is 21.0 Å². The molecule has 0 radical (unpaired) electrons. The van der Waals surface area contributed by atoms with Crippen LogP contribution in [0.4, 0.5) is 24.5 Å². The first-order chi connectivity index (χ1) is 12.5. The number of carbonyl (C=O) groups excluding carboxylic acids is 1. The van der Waals surface area contributed by atoms with Crippen molar-refractivity contribution >= 4 is 52.2 Å². The topological polar surface area (TPSA) is 72.2 Å². The van der Waals surface area contributed by atoms with Crippen molar-refractivity contribution in [2.45, 2.75) is 23.2 Å². The molecule has 0 heterocycles. The number of benzene rings is 2. The molecule has 1 atom stereocenters. The van der Waals surface area contributed by atoms with Crippen molar-refractivity contribution < 1.29 is 22.9 Å². The summed E-state index contributed by atoms with van der Waals surface area (Å²) in [5, 5.41) is 12.6. The molecule has 0 bridgehead atoms. The lowest BCUT2D eigenvalue weighted by molar-refractivity contribution is -0.385. The number of nitro groups is 1. The molecule has 0 saturated carbocycles. The van der Waals surface area contributed by atoms with Gasteiger partial charge in [0.1, 0.15) is 0 Å². The molecular formula is C16H11Cl2F3N2O3S. The lowest BCUT2D eigenvalue weighted by atomic mass is 10.1. The van der Waals surface area contributed by atoms with Gasteiger partial charge < -0.3 is 5.32 Å². The third-order valence-corrected chi connectivity index (χ3v) is 5.46. The first-order valence-electron chi connectivity index (χ1n) is 7.28. The molecule has 2 aromatic carbocycles. The van der Waals surface area contributed by atoms with Crippen molar-refractivity contribution in [3.05, 3.63) is 62.1 Å². The van der Waals surface area contributed by atoms with Gasteiger partial charge in [-0.2, -0.15) is 13.2 Å². The highest BCUT2D eigenvalue weighted by Crippen LogP contribution is 2.39. The normalized spacial score (nSPS) is 12.5. The number of hydrogen-bond donors (Lipinski definition) is 1. The van der Waals surface area contributed by atoms with Gasteiger partial charge in [0, 0.05) is 17.0 Å². The van der Waals surface area contributed by atoms with Crippen LogP contribution >= 0.6 is 35.0 Å². The van der Waals surface area contributed by atoms with Crippen LogP contribution in [0.5, 0.6) is 0 Å². The molecule has 5 nitrogen and oxygen atoms in total. The van der Waals surface area contributed by atoms with E-state index in [0.717, 1.165) is 23.9 Å². The van der Waals surface area contributed by atoms with Crippen LogP contribution in [0.3, 0.4) is 0 Å². The van der Waals surface area contributed by atoms with Gasteiger partial charge in [-0.25, -0.2) is 0 Å². The first-order valence-corrected chi connectivity index (χ1v) is 8.91. The molecule has 144 valence electrons. The molecule has 0 aliphatic carbocycles. The van der Waals surface area contributed by atoms with E-state index in [9.17, 15) is 28.1 Å². The van der Waals surface area contributed by atoms with Gasteiger partial charge in [0.25, 0.3) is 5.69 Å². The number of halogens is 5. The monoisotopic (exact) mass is 438 g/mol. The Bertz CT molecular complexity index is 873. The minimum atomic E-state index is -4.88. The van der Waals surface area contributed by atoms with Gasteiger partial charge >= 0.3 is 6.18 Å². The molecule has 2 rings (SSSR count). The number of amides is 1. The molecule has 0 saturated heterocycles. The predicted octanol–water partition coefficient (Wildman–Crippen LogP) is 6.04. The molecule has 0 fully saturated rings. The van der Waals surface area contributed by atoms with Gasteiger partial charge in [-0.1, -0.05) is 29.3 Å². The summed E-state index contributed by atoms with van der Waals surface area (Å²) >= 11 is 13.0. The van der Waals surface area contributed by atoms with Crippen molar-refractivity contribution in [2.75, 3.05) is 5.32 Å². The number of alkyl halides is 3. The molecule has 27 heavy (non-hydrogen) atoms. The standard InChI is InChI=1S/C16H11Cl2F3N2O3S/c1-8(27-14-11(17)3-2-4-12(14)18)15(24)22-13-6-5-9(23(25)26)7-10(13)16(19,20)21/h2-8H,1H3,(H,22,24)/t8-/m1/s1. The number of non-ortho nitro benzene ring substituents is 1. The SMILES string of the molecule is C[C@@H](Sc1c(Cl)cccc1Cl)C(=O)Nc1ccc([N+](=O)[O-])cc1C(F)(F)F. The highest BCUT2D eigenvalue weighted by atomic mass is 35.5. The fourth-order valence-electron chi connectivity index (χ4n) is 2.05. The average molecular weight is 439 g/mol. The fourth-order valence-corrected chi connectivity index (χ4v) is 3.59. The van der Waals surface area contributed by atoms with E-state index in [2.05, 4.69) is 5.32 Å². The van der Waals surface area contributed by atoms with Crippen LogP contribution in [0.15, 0.2) is 41.3 Å². The number of nitrogens with zero attached hydrogens (tertiary/aromatic N) is 1. The third kappa shape index (κ3) is 5.27. The molecular weight excluding hydrogens is 428 g/mol. The molecule has 11 heteroatoms. The zero-order valence-electron chi connectivity index (χ0n) is 13.5. The van der Waals surface area contributed by atoms with E-state index < -0.39 is 39.2 Å². The lowest BCUT2D eigenvalue weighted by Gasteiger charge is -2.17. The number of thioether (sulfide) groups is 1. The van der Waals surface area contributed by atoms with Crippen molar-refractivity contribution in [3.63, 3.8) is 0 Å². The Morgan fingerprint density at radius 2 is 1.81 bits per heavy atom. The molecule has 0 aliphatic heterocycles. The highest BCUT2D eigenvalue weighted by Gasteiger charge is 2.36. The van der Waals surface area contributed by atoms with Crippen LogP contribution in [-0.4, -0.2) is 16.1 Å². The smallest absolute Gasteiger partial charge is 0.325 e. The minimum Gasteiger partial charge on any atom is -0.325 e. The minimum absolute atomic E-state index is 0.304. The maximum atomic E-state index is 13.2. The molecule has 2 aromatic rings. The van der Waals surface area contributed by atoms with Gasteiger partial charge in [-0.15, -0.1) is 11.8 Å². The largest absolute Gasteiger partial charge is 0.418 e. The van der Waals surface area contributed by atoms with Gasteiger partial charge in [-0.05, 0) is 25.1 Å². The summed E-state index contributed by atoms with van der Waals surface area (Å²) in [5.41, 5.74) is -2.61. The van der Waals surface area contributed by atoms with E-state index >= 15 is 0 Å². The number of rotatable bonds is 5. The van der Waals surface area contributed by atoms with Gasteiger partial charge in [0.2, 0.25) is 5.91 Å². The second-order valence-electron chi connectivity index (χ2n) is 5.28. The Labute approximate surface area is 166 Å². The quantitative estimate of drug-likeness (QED) is 0.350. The zero-order valence-corrected chi connectivity index (χ0v) is 15.8. The molecule has 0 unspecified atom stereocenters. The summed E-state index contributed by atoms with van der Waals surface area (Å²) in [5.74, 6) is -0.740. The van der Waals surface area contributed by atoms with E-state index in [4.69, 9.17) is 23.2 Å². The zero-order chi connectivity index (χ0) is 20.4. The first kappa shape index (κ1) is 21.3. The second kappa shape index (κ2) is 8.37. The maximum absolute atomic E-state index is 13.2. The number of hydrogen-bond acceptors (Lipinski definition) is 4. The van der Waals surface area contributed by atoms with Crippen molar-refractivity contribution in [2.24, 2.45) is 0 Å². The number of carbonyl (C=O) groups is 1. The summed E-state index contributed by atoms with van der Waals surface area (Å²) in [7, 11) is 0. The molecule has 1 N–H and O–H groups in total. The predicted molar refractivity (Wildman–Crippen MR) is 98.5 cm³/mol. The highest BCUT2D eigenvalue weighted by molar-refractivity contribution is 8.00. The fraction of sp³-hybridized carbons (Fsp3) is 0.188. The number of anilines is 1. The van der Waals surface area contributed by atoms with Gasteiger partial charge in [-0.3, -0.25) is 14.9 Å². The van der Waals surface area contributed by atoms with Crippen LogP contribution in [0.2, 0.25) is 10.0 Å². The van der Waals surface area contributed by atoms with E-state index in [1.807, 2.05) is 0 Å². The molecule has 0 spiro atoms. The van der Waals surface area contributed by atoms with Gasteiger partial charge in [0.05, 0.1) is 31.5 Å². The summed E-state index contributed by atoms with van der Waals surface area (Å²) in [4.78, 5) is 22.5. The van der Waals surface area contributed by atoms with Crippen LogP contribution in [0.1, 0.15) is 12.5 Å². The lowest BCUT2D eigenvalue weighted by Crippen LogP contribution is -2.24. The third-order valence-electron chi connectivity index (χ3n) is 3.36. The Balaban J connectivity index is 2.25. The number of nitro benzene ring substituents is 1. The summed E-state index contributed by atoms with van der Waals surface area (Å²) in [6.07, 6.45) is -4.88. The van der Waals surface area contributed by atoms with Crippen LogP contribution in [-0.2, 0) is 11.0 Å². The molecule has 0 aliphatic rings. The Hall–Kier alpha value is -1.97. The second-order valence-corrected chi connectivity index (χ2v) is 7.45. The summed E-state index contributed by atoms with van der Waals surface area (Å²) in [6, 6.07) is 6.85. The average Bonchev–Trinajstić information content (AvgIpc) is 2.57. The van der Waals surface area contributed by atoms with Crippen LogP contribution in [0.25, 0.3) is 0 Å². The summed E-state index contributed by atoms with van der Waals surface area (Å²) < 4.78 is 39.5. The van der Waals surface area contributed by atoms with Gasteiger partial charge in [0.15, 0.2) is 0 Å². The van der Waals surface area contributed by atoms with E-state index in [-0.39, 0.29) is 0 Å². The summed E-state index contributed by atoms with van der Waals surface area (Å²) in [6.45, 7) is 1.47. The van der Waals surface area contributed by atoms with E-state index in [1.165, 1.54) is 6.92 Å². The number of nitrogens with one attached hydrogen (secondary N) is 1. The molecule has 1 amide bonds. The van der Waals surface area contributed by atoms with Crippen molar-refractivity contribution in [1.82, 2.24) is 0 Å². The molecule has 0 aromatic heterocycles. The maximum Gasteiger partial charge on any atom is 0.418 e. The Kier molecular flexibility index (Phi) is 6.61. The van der Waals surface area contributed by atoms with Crippen LogP contribution < -0.4 is 5.32 Å². The van der Waals surface area contributed by atoms with Crippen LogP contribution in [0, 0.1) is 10.1 Å². The van der Waals surface area contributed by atoms with Crippen molar-refractivity contribution in [3.8, 4) is 0 Å². The Morgan fingerprint density at radius 1 is 1.22 bits per heavy atom. The Morgan fingerprint density at radius 3 is 2.33 bits per heavy atom.